The molecule has 0 spiro atoms. The third kappa shape index (κ3) is 4.78. The highest BCUT2D eigenvalue weighted by Crippen LogP contribution is 2.41. The predicted molar refractivity (Wildman–Crippen MR) is 135 cm³/mol. The number of aromatic nitrogens is 1. The van der Waals surface area contributed by atoms with Crippen molar-refractivity contribution in [2.45, 2.75) is 25.2 Å². The number of amides is 1. The minimum Gasteiger partial charge on any atom is -0.493 e. The number of benzene rings is 2. The Morgan fingerprint density at radius 3 is 2.56 bits per heavy atom. The van der Waals surface area contributed by atoms with Crippen molar-refractivity contribution in [3.05, 3.63) is 83.2 Å². The third-order valence-electron chi connectivity index (χ3n) is 7.19. The summed E-state index contributed by atoms with van der Waals surface area (Å²) in [4.78, 5) is 31.4. The van der Waals surface area contributed by atoms with Crippen LogP contribution in [0, 0.1) is 5.92 Å². The molecule has 0 radical (unpaired) electrons. The number of Topliss-reactive ketones (excluding diaryl/α,β-unsaturated/α-hetero) is 1. The summed E-state index contributed by atoms with van der Waals surface area (Å²) in [7, 11) is 3.28. The van der Waals surface area contributed by atoms with Gasteiger partial charge >= 0.3 is 0 Å². The average Bonchev–Trinajstić information content (AvgIpc) is 2.93. The maximum absolute atomic E-state index is 13.3. The Bertz CT molecular complexity index is 1250. The number of carbonyl (C=O) groups excluding carboxylic acids is 2. The van der Waals surface area contributed by atoms with Gasteiger partial charge in [-0.15, -0.1) is 0 Å². The first-order valence-electron chi connectivity index (χ1n) is 12.3. The van der Waals surface area contributed by atoms with E-state index in [4.69, 9.17) is 14.2 Å². The molecular formula is C29H30N2O5. The molecule has 0 bridgehead atoms. The van der Waals surface area contributed by atoms with Crippen molar-refractivity contribution in [2.75, 3.05) is 33.9 Å². The molecule has 2 aliphatic heterocycles. The van der Waals surface area contributed by atoms with Crippen LogP contribution in [0.3, 0.4) is 0 Å². The van der Waals surface area contributed by atoms with Crippen LogP contribution in [0.25, 0.3) is 0 Å². The number of methoxy groups -OCH3 is 2. The lowest BCUT2D eigenvalue weighted by molar-refractivity contribution is -0.121. The van der Waals surface area contributed by atoms with Gasteiger partial charge in [0, 0.05) is 48.9 Å². The molecule has 5 rings (SSSR count). The molecule has 1 saturated heterocycles. The van der Waals surface area contributed by atoms with Gasteiger partial charge in [-0.1, -0.05) is 12.1 Å². The van der Waals surface area contributed by atoms with E-state index < -0.39 is 0 Å². The number of nitrogens with zero attached hydrogens (tertiary/aromatic N) is 2. The molecule has 0 N–H and O–H groups in total. The zero-order valence-electron chi connectivity index (χ0n) is 20.6. The summed E-state index contributed by atoms with van der Waals surface area (Å²) in [5, 5.41) is 0. The molecule has 0 saturated carbocycles. The van der Waals surface area contributed by atoms with Crippen LogP contribution in [0.1, 0.15) is 45.8 Å². The fourth-order valence-electron chi connectivity index (χ4n) is 5.37. The molecule has 0 unspecified atom stereocenters. The molecule has 36 heavy (non-hydrogen) atoms. The summed E-state index contributed by atoms with van der Waals surface area (Å²) < 4.78 is 16.5. The first-order chi connectivity index (χ1) is 17.6. The molecular weight excluding hydrogens is 456 g/mol. The van der Waals surface area contributed by atoms with E-state index in [2.05, 4.69) is 17.1 Å². The van der Waals surface area contributed by atoms with Crippen molar-refractivity contribution in [3.8, 4) is 17.2 Å². The number of piperidine rings is 1. The molecule has 1 fully saturated rings. The lowest BCUT2D eigenvalue weighted by Crippen LogP contribution is -2.40. The molecule has 3 aromatic rings. The van der Waals surface area contributed by atoms with E-state index in [0.29, 0.717) is 48.2 Å². The van der Waals surface area contributed by atoms with Crippen LogP contribution in [0.5, 0.6) is 17.2 Å². The molecule has 0 aliphatic carbocycles. The summed E-state index contributed by atoms with van der Waals surface area (Å²) in [6.07, 6.45) is 5.76. The van der Waals surface area contributed by atoms with Crippen LogP contribution in [0.2, 0.25) is 0 Å². The fraction of sp³-hybridized carbons (Fsp3) is 0.345. The third-order valence-corrected chi connectivity index (χ3v) is 7.19. The summed E-state index contributed by atoms with van der Waals surface area (Å²) >= 11 is 0. The van der Waals surface area contributed by atoms with Gasteiger partial charge in [0.15, 0.2) is 17.3 Å². The Morgan fingerprint density at radius 2 is 1.83 bits per heavy atom. The summed E-state index contributed by atoms with van der Waals surface area (Å²) in [5.41, 5.74) is 3.69. The summed E-state index contributed by atoms with van der Waals surface area (Å²) in [6.45, 7) is 1.44. The number of pyridine rings is 1. The van der Waals surface area contributed by atoms with Crippen molar-refractivity contribution in [2.24, 2.45) is 5.92 Å². The Kier molecular flexibility index (Phi) is 6.89. The number of likely N-dealkylation sites (tertiary alicyclic amines) is 1. The van der Waals surface area contributed by atoms with Crippen LogP contribution in [0.4, 0.5) is 0 Å². The maximum Gasteiger partial charge on any atom is 0.253 e. The highest BCUT2D eigenvalue weighted by Gasteiger charge is 2.32. The highest BCUT2D eigenvalue weighted by atomic mass is 16.5. The predicted octanol–water partition coefficient (Wildman–Crippen LogP) is 4.29. The molecule has 186 valence electrons. The quantitative estimate of drug-likeness (QED) is 0.517. The van der Waals surface area contributed by atoms with E-state index >= 15 is 0 Å². The fourth-order valence-corrected chi connectivity index (χ4v) is 5.37. The van der Waals surface area contributed by atoms with E-state index in [1.807, 2.05) is 35.4 Å². The Morgan fingerprint density at radius 1 is 1.03 bits per heavy atom. The van der Waals surface area contributed by atoms with Crippen LogP contribution in [-0.2, 0) is 11.2 Å². The molecule has 1 aromatic heterocycles. The first-order valence-corrected chi connectivity index (χ1v) is 12.3. The molecule has 1 amide bonds. The van der Waals surface area contributed by atoms with Crippen molar-refractivity contribution < 1.29 is 23.8 Å². The molecule has 7 nitrogen and oxygen atoms in total. The number of carbonyl (C=O) groups is 2. The van der Waals surface area contributed by atoms with Gasteiger partial charge < -0.3 is 19.1 Å². The molecule has 7 heteroatoms. The number of hydrogen-bond acceptors (Lipinski definition) is 6. The largest absolute Gasteiger partial charge is 0.493 e. The van der Waals surface area contributed by atoms with Crippen molar-refractivity contribution in [1.29, 1.82) is 0 Å². The second kappa shape index (κ2) is 10.4. The van der Waals surface area contributed by atoms with E-state index in [-0.39, 0.29) is 24.2 Å². The smallest absolute Gasteiger partial charge is 0.253 e. The minimum absolute atomic E-state index is 0.00156. The molecule has 3 heterocycles. The minimum atomic E-state index is -0.00156. The normalized spacial score (nSPS) is 16.6. The van der Waals surface area contributed by atoms with Crippen LogP contribution >= 0.6 is 0 Å². The van der Waals surface area contributed by atoms with Gasteiger partial charge in [0.2, 0.25) is 0 Å². The monoisotopic (exact) mass is 486 g/mol. The molecule has 2 aromatic carbocycles. The van der Waals surface area contributed by atoms with E-state index in [9.17, 15) is 9.59 Å². The SMILES string of the molecule is COc1ccc([C@@H](c2cccnc2)C2CCN(C(=O)c3ccc4c(c3)CC(=O)CO4)CC2)cc1OC. The van der Waals surface area contributed by atoms with Gasteiger partial charge in [0.1, 0.15) is 12.4 Å². The molecule has 2 aliphatic rings. The lowest BCUT2D eigenvalue weighted by Gasteiger charge is -2.37. The maximum atomic E-state index is 13.3. The topological polar surface area (TPSA) is 78.0 Å². The van der Waals surface area contributed by atoms with Gasteiger partial charge in [-0.25, -0.2) is 0 Å². The number of ether oxygens (including phenoxy) is 3. The van der Waals surface area contributed by atoms with Crippen molar-refractivity contribution >= 4 is 11.7 Å². The van der Waals surface area contributed by atoms with Gasteiger partial charge in [0.25, 0.3) is 5.91 Å². The number of rotatable bonds is 6. The first kappa shape index (κ1) is 23.9. The van der Waals surface area contributed by atoms with Crippen molar-refractivity contribution in [1.82, 2.24) is 9.88 Å². The van der Waals surface area contributed by atoms with Crippen LogP contribution in [-0.4, -0.2) is 55.5 Å². The van der Waals surface area contributed by atoms with Gasteiger partial charge in [-0.3, -0.25) is 14.6 Å². The number of hydrogen-bond donors (Lipinski definition) is 0. The van der Waals surface area contributed by atoms with E-state index in [1.54, 1.807) is 32.5 Å². The Labute approximate surface area is 211 Å². The average molecular weight is 487 g/mol. The van der Waals surface area contributed by atoms with Crippen LogP contribution in [0.15, 0.2) is 60.9 Å². The van der Waals surface area contributed by atoms with E-state index in [1.165, 1.54) is 0 Å². The van der Waals surface area contributed by atoms with Crippen molar-refractivity contribution in [3.63, 3.8) is 0 Å². The lowest BCUT2D eigenvalue weighted by atomic mass is 9.76. The second-order valence-electron chi connectivity index (χ2n) is 9.33. The highest BCUT2D eigenvalue weighted by molar-refractivity contribution is 5.95. The standard InChI is InChI=1S/C29H30N2O5/c1-34-26-8-5-20(16-27(26)35-2)28(22-4-3-11-30-17-22)19-9-12-31(13-10-19)29(33)21-6-7-25-23(14-21)15-24(32)18-36-25/h3-8,11,14,16-17,19,28H,9-10,12-13,15,18H2,1-2H3/t28-/m0/s1. The van der Waals surface area contributed by atoms with Gasteiger partial charge in [-0.05, 0) is 66.3 Å². The number of ketones is 1. The summed E-state index contributed by atoms with van der Waals surface area (Å²) in [6, 6.07) is 15.6. The second-order valence-corrected chi connectivity index (χ2v) is 9.33. The van der Waals surface area contributed by atoms with Gasteiger partial charge in [-0.2, -0.15) is 0 Å². The Hall–Kier alpha value is -3.87. The van der Waals surface area contributed by atoms with E-state index in [0.717, 1.165) is 29.5 Å². The van der Waals surface area contributed by atoms with Crippen LogP contribution < -0.4 is 14.2 Å². The zero-order chi connectivity index (χ0) is 25.1. The molecule has 1 atom stereocenters. The summed E-state index contributed by atoms with van der Waals surface area (Å²) in [5.74, 6) is 2.59. The van der Waals surface area contributed by atoms with Gasteiger partial charge in [0.05, 0.1) is 14.2 Å². The number of fused-ring (bicyclic) bond motifs is 1. The zero-order valence-corrected chi connectivity index (χ0v) is 20.6. The Balaban J connectivity index is 1.35.